The summed E-state index contributed by atoms with van der Waals surface area (Å²) in [5.74, 6) is 0.0780. The Bertz CT molecular complexity index is 872. The van der Waals surface area contributed by atoms with Crippen LogP contribution in [0, 0.1) is 10.1 Å². The molecule has 1 heterocycles. The number of quaternary nitrogens is 1. The second-order valence-electron chi connectivity index (χ2n) is 7.04. The van der Waals surface area contributed by atoms with Gasteiger partial charge in [0.05, 0.1) is 43.8 Å². The van der Waals surface area contributed by atoms with Gasteiger partial charge < -0.3 is 19.7 Å². The number of nitro groups is 1. The molecule has 2 aromatic carbocycles. The summed E-state index contributed by atoms with van der Waals surface area (Å²) in [7, 11) is 1.41. The first-order valence-electron chi connectivity index (χ1n) is 9.69. The number of ether oxygens (including phenoxy) is 2. The molecule has 2 aromatic rings. The Kier molecular flexibility index (Phi) is 6.66. The standard InChI is InChI=1S/C21H25N3O5/c1-3-29-20-11-17(18(24(26)27)12-19(20)28-2)21(25)22-16-9-10-23(14-16)13-15-7-5-4-6-8-15/h4-8,11-12,16H,3,9-10,13-14H2,1-2H3,(H,22,25)/p+1/t16-/m1/s1. The van der Waals surface area contributed by atoms with Crippen molar-refractivity contribution in [3.8, 4) is 11.5 Å². The summed E-state index contributed by atoms with van der Waals surface area (Å²) in [6.45, 7) is 4.76. The number of amides is 1. The number of methoxy groups -OCH3 is 1. The second-order valence-corrected chi connectivity index (χ2v) is 7.04. The molecule has 0 spiro atoms. The largest absolute Gasteiger partial charge is 0.493 e. The molecule has 0 aliphatic carbocycles. The minimum atomic E-state index is -0.575. The SMILES string of the molecule is CCOc1cc(C(=O)N[C@@H]2CC[NH+](Cc3ccccc3)C2)c([N+](=O)[O-])cc1OC. The molecule has 1 saturated heterocycles. The lowest BCUT2D eigenvalue weighted by molar-refractivity contribution is -0.901. The topological polar surface area (TPSA) is 95.1 Å². The third-order valence-electron chi connectivity index (χ3n) is 5.04. The fourth-order valence-electron chi connectivity index (χ4n) is 3.67. The summed E-state index contributed by atoms with van der Waals surface area (Å²) in [4.78, 5) is 25.1. The van der Waals surface area contributed by atoms with Gasteiger partial charge >= 0.3 is 0 Å². The first-order chi connectivity index (χ1) is 14.0. The number of nitrogens with one attached hydrogen (secondary N) is 2. The van der Waals surface area contributed by atoms with E-state index < -0.39 is 10.8 Å². The van der Waals surface area contributed by atoms with E-state index in [0.717, 1.165) is 26.1 Å². The highest BCUT2D eigenvalue weighted by Gasteiger charge is 2.31. The summed E-state index contributed by atoms with van der Waals surface area (Å²) in [6.07, 6.45) is 0.830. The minimum Gasteiger partial charge on any atom is -0.493 e. The van der Waals surface area contributed by atoms with Crippen molar-refractivity contribution in [1.82, 2.24) is 5.32 Å². The molecule has 0 aromatic heterocycles. The number of hydrogen-bond donors (Lipinski definition) is 2. The zero-order chi connectivity index (χ0) is 20.8. The Hall–Kier alpha value is -3.13. The van der Waals surface area contributed by atoms with Gasteiger partial charge in [-0.25, -0.2) is 0 Å². The Morgan fingerprint density at radius 3 is 2.69 bits per heavy atom. The Labute approximate surface area is 169 Å². The summed E-state index contributed by atoms with van der Waals surface area (Å²) in [5, 5.41) is 14.4. The number of carbonyl (C=O) groups is 1. The van der Waals surface area contributed by atoms with E-state index >= 15 is 0 Å². The van der Waals surface area contributed by atoms with Gasteiger partial charge in [-0.3, -0.25) is 14.9 Å². The van der Waals surface area contributed by atoms with Crippen molar-refractivity contribution >= 4 is 11.6 Å². The van der Waals surface area contributed by atoms with Crippen molar-refractivity contribution in [2.75, 3.05) is 26.8 Å². The van der Waals surface area contributed by atoms with E-state index in [1.54, 1.807) is 6.92 Å². The zero-order valence-corrected chi connectivity index (χ0v) is 16.6. The van der Waals surface area contributed by atoms with Crippen LogP contribution in [0.5, 0.6) is 11.5 Å². The molecule has 2 atom stereocenters. The maximum atomic E-state index is 12.8. The maximum Gasteiger partial charge on any atom is 0.286 e. The molecule has 0 radical (unpaired) electrons. The summed E-state index contributed by atoms with van der Waals surface area (Å²) in [5.41, 5.74) is 0.937. The highest BCUT2D eigenvalue weighted by molar-refractivity contribution is 5.99. The normalized spacial score (nSPS) is 18.3. The van der Waals surface area contributed by atoms with Crippen molar-refractivity contribution in [3.05, 3.63) is 63.7 Å². The fourth-order valence-corrected chi connectivity index (χ4v) is 3.67. The van der Waals surface area contributed by atoms with Crippen LogP contribution in [0.15, 0.2) is 42.5 Å². The van der Waals surface area contributed by atoms with E-state index in [4.69, 9.17) is 9.47 Å². The lowest BCUT2D eigenvalue weighted by atomic mass is 10.1. The van der Waals surface area contributed by atoms with Crippen LogP contribution in [0.25, 0.3) is 0 Å². The van der Waals surface area contributed by atoms with Crippen LogP contribution in [0.1, 0.15) is 29.3 Å². The molecule has 8 nitrogen and oxygen atoms in total. The molecule has 1 aliphatic rings. The van der Waals surface area contributed by atoms with Gasteiger partial charge in [-0.2, -0.15) is 0 Å². The molecule has 1 fully saturated rings. The van der Waals surface area contributed by atoms with Crippen molar-refractivity contribution < 1.29 is 24.1 Å². The molecule has 0 saturated carbocycles. The Morgan fingerprint density at radius 2 is 2.03 bits per heavy atom. The average Bonchev–Trinajstić information content (AvgIpc) is 3.15. The first-order valence-corrected chi connectivity index (χ1v) is 9.69. The molecule has 1 unspecified atom stereocenters. The number of hydrogen-bond acceptors (Lipinski definition) is 5. The van der Waals surface area contributed by atoms with E-state index in [1.807, 2.05) is 18.2 Å². The highest BCUT2D eigenvalue weighted by atomic mass is 16.6. The van der Waals surface area contributed by atoms with E-state index in [2.05, 4.69) is 17.4 Å². The molecule has 3 rings (SSSR count). The molecule has 2 N–H and O–H groups in total. The van der Waals surface area contributed by atoms with E-state index in [0.29, 0.717) is 12.4 Å². The van der Waals surface area contributed by atoms with Crippen molar-refractivity contribution in [2.24, 2.45) is 0 Å². The molecule has 0 bridgehead atoms. The van der Waals surface area contributed by atoms with Gasteiger partial charge in [0.15, 0.2) is 11.5 Å². The molecule has 8 heteroatoms. The number of nitrogens with zero attached hydrogens (tertiary/aromatic N) is 1. The number of rotatable bonds is 8. The van der Waals surface area contributed by atoms with Crippen LogP contribution in [0.2, 0.25) is 0 Å². The van der Waals surface area contributed by atoms with Gasteiger partial charge in [-0.05, 0) is 6.92 Å². The van der Waals surface area contributed by atoms with Gasteiger partial charge in [0, 0.05) is 18.1 Å². The summed E-state index contributed by atoms with van der Waals surface area (Å²) < 4.78 is 10.6. The van der Waals surface area contributed by atoms with Crippen molar-refractivity contribution in [3.63, 3.8) is 0 Å². The minimum absolute atomic E-state index is 0.0178. The lowest BCUT2D eigenvalue weighted by Gasteiger charge is -2.15. The Morgan fingerprint density at radius 1 is 1.28 bits per heavy atom. The van der Waals surface area contributed by atoms with Crippen molar-refractivity contribution in [1.29, 1.82) is 0 Å². The third-order valence-corrected chi connectivity index (χ3v) is 5.04. The van der Waals surface area contributed by atoms with Crippen molar-refractivity contribution in [2.45, 2.75) is 25.9 Å². The predicted molar refractivity (Wildman–Crippen MR) is 108 cm³/mol. The fraction of sp³-hybridized carbons (Fsp3) is 0.381. The van der Waals surface area contributed by atoms with E-state index in [1.165, 1.54) is 29.7 Å². The number of nitro benzene ring substituents is 1. The summed E-state index contributed by atoms with van der Waals surface area (Å²) >= 11 is 0. The van der Waals surface area contributed by atoms with Gasteiger partial charge in [0.2, 0.25) is 0 Å². The van der Waals surface area contributed by atoms with Crippen LogP contribution in [-0.2, 0) is 6.54 Å². The average molecular weight is 400 g/mol. The van der Waals surface area contributed by atoms with Gasteiger partial charge in [-0.1, -0.05) is 30.3 Å². The number of likely N-dealkylation sites (tertiary alicyclic amines) is 1. The number of benzene rings is 2. The number of carbonyl (C=O) groups excluding carboxylic acids is 1. The predicted octanol–water partition coefficient (Wildman–Crippen LogP) is 1.59. The second kappa shape index (κ2) is 9.38. The van der Waals surface area contributed by atoms with Crippen LogP contribution in [0.4, 0.5) is 5.69 Å². The monoisotopic (exact) mass is 400 g/mol. The van der Waals surface area contributed by atoms with Gasteiger partial charge in [-0.15, -0.1) is 0 Å². The van der Waals surface area contributed by atoms with Gasteiger partial charge in [0.25, 0.3) is 11.6 Å². The van der Waals surface area contributed by atoms with Crippen LogP contribution in [0.3, 0.4) is 0 Å². The van der Waals surface area contributed by atoms with Crippen LogP contribution in [-0.4, -0.2) is 43.7 Å². The molecule has 154 valence electrons. The van der Waals surface area contributed by atoms with Gasteiger partial charge in [0.1, 0.15) is 12.1 Å². The first kappa shape index (κ1) is 20.6. The Balaban J connectivity index is 1.71. The molecule has 1 aliphatic heterocycles. The zero-order valence-electron chi connectivity index (χ0n) is 16.6. The smallest absolute Gasteiger partial charge is 0.286 e. The van der Waals surface area contributed by atoms with Crippen LogP contribution >= 0.6 is 0 Å². The maximum absolute atomic E-state index is 12.8. The van der Waals surface area contributed by atoms with E-state index in [-0.39, 0.29) is 23.0 Å². The molecule has 29 heavy (non-hydrogen) atoms. The van der Waals surface area contributed by atoms with E-state index in [9.17, 15) is 14.9 Å². The quantitative estimate of drug-likeness (QED) is 0.518. The molecular formula is C21H26N3O5+. The third kappa shape index (κ3) is 5.03. The molecule has 1 amide bonds. The van der Waals surface area contributed by atoms with Crippen LogP contribution < -0.4 is 19.7 Å². The lowest BCUT2D eigenvalue weighted by Crippen LogP contribution is -3.09. The molecular weight excluding hydrogens is 374 g/mol. The highest BCUT2D eigenvalue weighted by Crippen LogP contribution is 2.34. The summed E-state index contributed by atoms with van der Waals surface area (Å²) in [6, 6.07) is 12.8.